The monoisotopic (exact) mass is 187 g/mol. The Balaban J connectivity index is 2.41. The molecular formula is C10H21NO2. The molecule has 0 aliphatic carbocycles. The molecule has 2 N–H and O–H groups in total. The van der Waals surface area contributed by atoms with Gasteiger partial charge in [-0.3, -0.25) is 4.90 Å². The predicted octanol–water partition coefficient (Wildman–Crippen LogP) is 0.604. The minimum absolute atomic E-state index is 0.236. The van der Waals surface area contributed by atoms with Crippen LogP contribution in [0.1, 0.15) is 32.6 Å². The zero-order chi connectivity index (χ0) is 9.68. The first-order valence-electron chi connectivity index (χ1n) is 5.31. The SMILES string of the molecule is CCCCN1C(CO)CCC1CO. The molecule has 2 atom stereocenters. The molecule has 3 nitrogen and oxygen atoms in total. The topological polar surface area (TPSA) is 43.7 Å². The molecule has 1 aliphatic rings. The van der Waals surface area contributed by atoms with Crippen LogP contribution in [0.25, 0.3) is 0 Å². The molecule has 0 aromatic rings. The van der Waals surface area contributed by atoms with Gasteiger partial charge in [0.15, 0.2) is 0 Å². The number of hydrogen-bond acceptors (Lipinski definition) is 3. The first-order chi connectivity index (χ1) is 6.33. The van der Waals surface area contributed by atoms with E-state index >= 15 is 0 Å². The van der Waals surface area contributed by atoms with Gasteiger partial charge in [0.2, 0.25) is 0 Å². The van der Waals surface area contributed by atoms with Crippen LogP contribution in [0, 0.1) is 0 Å². The van der Waals surface area contributed by atoms with E-state index in [4.69, 9.17) is 10.2 Å². The second kappa shape index (κ2) is 5.58. The fourth-order valence-electron chi connectivity index (χ4n) is 2.11. The summed E-state index contributed by atoms with van der Waals surface area (Å²) in [6.45, 7) is 3.66. The van der Waals surface area contributed by atoms with Gasteiger partial charge in [0.1, 0.15) is 0 Å². The van der Waals surface area contributed by atoms with Crippen molar-refractivity contribution in [2.24, 2.45) is 0 Å². The Kier molecular flexibility index (Phi) is 4.70. The Morgan fingerprint density at radius 3 is 2.08 bits per heavy atom. The molecule has 3 heteroatoms. The lowest BCUT2D eigenvalue weighted by atomic mass is 10.2. The summed E-state index contributed by atoms with van der Waals surface area (Å²) in [4.78, 5) is 2.27. The molecular weight excluding hydrogens is 166 g/mol. The molecule has 0 aromatic heterocycles. The van der Waals surface area contributed by atoms with Crippen LogP contribution in [0.5, 0.6) is 0 Å². The summed E-state index contributed by atoms with van der Waals surface area (Å²) in [5.41, 5.74) is 0. The number of rotatable bonds is 5. The molecule has 0 amide bonds. The first kappa shape index (κ1) is 11.0. The van der Waals surface area contributed by atoms with Crippen molar-refractivity contribution in [1.82, 2.24) is 4.90 Å². The van der Waals surface area contributed by atoms with E-state index in [0.29, 0.717) is 12.1 Å². The fraction of sp³-hybridized carbons (Fsp3) is 1.00. The highest BCUT2D eigenvalue weighted by Gasteiger charge is 2.31. The largest absolute Gasteiger partial charge is 0.395 e. The van der Waals surface area contributed by atoms with Crippen LogP contribution in [0.3, 0.4) is 0 Å². The third-order valence-corrected chi connectivity index (χ3v) is 2.96. The highest BCUT2D eigenvalue weighted by molar-refractivity contribution is 4.86. The number of unbranched alkanes of at least 4 members (excludes halogenated alkanes) is 1. The van der Waals surface area contributed by atoms with E-state index in [-0.39, 0.29) is 13.2 Å². The Bertz CT molecular complexity index is 129. The molecule has 0 spiro atoms. The third kappa shape index (κ3) is 2.66. The molecule has 0 bridgehead atoms. The van der Waals surface area contributed by atoms with Crippen LogP contribution < -0.4 is 0 Å². The van der Waals surface area contributed by atoms with Gasteiger partial charge >= 0.3 is 0 Å². The summed E-state index contributed by atoms with van der Waals surface area (Å²) in [5.74, 6) is 0. The zero-order valence-electron chi connectivity index (χ0n) is 8.45. The van der Waals surface area contributed by atoms with Crippen molar-refractivity contribution >= 4 is 0 Å². The smallest absolute Gasteiger partial charge is 0.0587 e. The molecule has 1 aliphatic heterocycles. The van der Waals surface area contributed by atoms with Gasteiger partial charge in [0.25, 0.3) is 0 Å². The lowest BCUT2D eigenvalue weighted by Crippen LogP contribution is -2.40. The number of likely N-dealkylation sites (tertiary alicyclic amines) is 1. The quantitative estimate of drug-likeness (QED) is 0.662. The van der Waals surface area contributed by atoms with Crippen molar-refractivity contribution in [3.05, 3.63) is 0 Å². The van der Waals surface area contributed by atoms with E-state index < -0.39 is 0 Å². The van der Waals surface area contributed by atoms with Crippen LogP contribution >= 0.6 is 0 Å². The van der Waals surface area contributed by atoms with E-state index in [1.54, 1.807) is 0 Å². The average Bonchev–Trinajstić information content (AvgIpc) is 2.56. The van der Waals surface area contributed by atoms with Gasteiger partial charge in [0.05, 0.1) is 13.2 Å². The van der Waals surface area contributed by atoms with E-state index in [2.05, 4.69) is 11.8 Å². The number of aliphatic hydroxyl groups is 2. The van der Waals surface area contributed by atoms with Gasteiger partial charge in [0, 0.05) is 12.1 Å². The lowest BCUT2D eigenvalue weighted by Gasteiger charge is -2.27. The molecule has 2 unspecified atom stereocenters. The van der Waals surface area contributed by atoms with Crippen LogP contribution in [-0.2, 0) is 0 Å². The Morgan fingerprint density at radius 1 is 1.15 bits per heavy atom. The van der Waals surface area contributed by atoms with E-state index in [0.717, 1.165) is 25.8 Å². The van der Waals surface area contributed by atoms with Crippen molar-refractivity contribution in [2.45, 2.75) is 44.7 Å². The minimum Gasteiger partial charge on any atom is -0.395 e. The lowest BCUT2D eigenvalue weighted by molar-refractivity contribution is 0.0952. The minimum atomic E-state index is 0.236. The van der Waals surface area contributed by atoms with Crippen molar-refractivity contribution in [2.75, 3.05) is 19.8 Å². The molecule has 1 fully saturated rings. The number of aliphatic hydroxyl groups excluding tert-OH is 2. The molecule has 0 saturated carbocycles. The second-order valence-corrected chi connectivity index (χ2v) is 3.84. The normalized spacial score (nSPS) is 29.8. The van der Waals surface area contributed by atoms with E-state index in [9.17, 15) is 0 Å². The van der Waals surface area contributed by atoms with Crippen LogP contribution in [0.2, 0.25) is 0 Å². The zero-order valence-corrected chi connectivity index (χ0v) is 8.45. The summed E-state index contributed by atoms with van der Waals surface area (Å²) in [7, 11) is 0. The van der Waals surface area contributed by atoms with Crippen molar-refractivity contribution < 1.29 is 10.2 Å². The third-order valence-electron chi connectivity index (χ3n) is 2.96. The summed E-state index contributed by atoms with van der Waals surface area (Å²) < 4.78 is 0. The molecule has 0 radical (unpaired) electrons. The van der Waals surface area contributed by atoms with Crippen LogP contribution in [-0.4, -0.2) is 47.0 Å². The van der Waals surface area contributed by atoms with Gasteiger partial charge in [-0.15, -0.1) is 0 Å². The molecule has 13 heavy (non-hydrogen) atoms. The Labute approximate surface area is 80.4 Å². The molecule has 1 saturated heterocycles. The maximum Gasteiger partial charge on any atom is 0.0587 e. The summed E-state index contributed by atoms with van der Waals surface area (Å²) in [5, 5.41) is 18.3. The second-order valence-electron chi connectivity index (χ2n) is 3.84. The highest BCUT2D eigenvalue weighted by atomic mass is 16.3. The van der Waals surface area contributed by atoms with Gasteiger partial charge in [-0.25, -0.2) is 0 Å². The van der Waals surface area contributed by atoms with Gasteiger partial charge in [-0.05, 0) is 25.8 Å². The number of nitrogens with zero attached hydrogens (tertiary/aromatic N) is 1. The highest BCUT2D eigenvalue weighted by Crippen LogP contribution is 2.23. The maximum absolute atomic E-state index is 9.13. The average molecular weight is 187 g/mol. The van der Waals surface area contributed by atoms with Crippen molar-refractivity contribution in [3.63, 3.8) is 0 Å². The molecule has 78 valence electrons. The van der Waals surface area contributed by atoms with Crippen molar-refractivity contribution in [3.8, 4) is 0 Å². The van der Waals surface area contributed by atoms with E-state index in [1.807, 2.05) is 0 Å². The molecule has 1 heterocycles. The number of hydrogen-bond donors (Lipinski definition) is 2. The summed E-state index contributed by atoms with van der Waals surface area (Å²) in [6, 6.07) is 0.590. The Morgan fingerprint density at radius 2 is 1.69 bits per heavy atom. The summed E-state index contributed by atoms with van der Waals surface area (Å²) in [6.07, 6.45) is 4.40. The van der Waals surface area contributed by atoms with Crippen molar-refractivity contribution in [1.29, 1.82) is 0 Å². The van der Waals surface area contributed by atoms with Gasteiger partial charge in [-0.1, -0.05) is 13.3 Å². The van der Waals surface area contributed by atoms with E-state index in [1.165, 1.54) is 6.42 Å². The standard InChI is InChI=1S/C10H21NO2/c1-2-3-6-11-9(7-12)4-5-10(11)8-13/h9-10,12-13H,2-8H2,1H3. The first-order valence-corrected chi connectivity index (χ1v) is 5.31. The van der Waals surface area contributed by atoms with Crippen LogP contribution in [0.4, 0.5) is 0 Å². The van der Waals surface area contributed by atoms with Crippen LogP contribution in [0.15, 0.2) is 0 Å². The predicted molar refractivity (Wildman–Crippen MR) is 52.6 cm³/mol. The Hall–Kier alpha value is -0.120. The molecule has 1 rings (SSSR count). The van der Waals surface area contributed by atoms with Gasteiger partial charge in [-0.2, -0.15) is 0 Å². The molecule has 0 aromatic carbocycles. The van der Waals surface area contributed by atoms with Gasteiger partial charge < -0.3 is 10.2 Å². The summed E-state index contributed by atoms with van der Waals surface area (Å²) >= 11 is 0. The maximum atomic E-state index is 9.13. The fourth-order valence-corrected chi connectivity index (χ4v) is 2.11.